The number of hydrogen-bond acceptors (Lipinski definition) is 2. The first kappa shape index (κ1) is 11.0. The third kappa shape index (κ3) is 3.78. The lowest BCUT2D eigenvalue weighted by Crippen LogP contribution is -2.32. The Morgan fingerprint density at radius 1 is 1.45 bits per heavy atom. The van der Waals surface area contributed by atoms with Gasteiger partial charge in [0, 0.05) is 20.2 Å². The molecule has 0 N–H and O–H groups in total. The topological polar surface area (TPSA) is 18.5 Å². The van der Waals surface area contributed by atoms with Gasteiger partial charge in [0.25, 0.3) is 0 Å². The van der Waals surface area contributed by atoms with E-state index in [0.29, 0.717) is 0 Å². The van der Waals surface area contributed by atoms with Gasteiger partial charge in [-0.15, -0.1) is 0 Å². The molecule has 0 aromatic carbocycles. The van der Waals surface area contributed by atoms with Crippen LogP contribution < -0.4 is 0 Å². The molecule has 0 amide bonds. The van der Waals surface area contributed by atoms with Gasteiger partial charge in [0.15, 0.2) is 0 Å². The summed E-state index contributed by atoms with van der Waals surface area (Å²) in [5.41, 5.74) is -0.143. The van der Waals surface area contributed by atoms with Crippen LogP contribution in [0, 0.1) is 0 Å². The lowest BCUT2D eigenvalue weighted by atomic mass is 9.86. The van der Waals surface area contributed by atoms with Crippen molar-refractivity contribution >= 4 is 7.85 Å². The zero-order valence-corrected chi connectivity index (χ0v) is 7.89. The largest absolute Gasteiger partial charge is 0.391 e. The third-order valence-corrected chi connectivity index (χ3v) is 2.18. The molecule has 0 aliphatic rings. The summed E-state index contributed by atoms with van der Waals surface area (Å²) >= 11 is 0. The van der Waals surface area contributed by atoms with E-state index in [-0.39, 0.29) is 11.6 Å². The van der Waals surface area contributed by atoms with E-state index >= 15 is 0 Å². The van der Waals surface area contributed by atoms with Gasteiger partial charge in [0.05, 0.1) is 5.60 Å². The molecule has 3 heteroatoms. The van der Waals surface area contributed by atoms with E-state index in [0.717, 1.165) is 12.8 Å². The SMILES string of the molecule is [B]C(C[C@](C)(CC)OC)OC. The monoisotopic (exact) mass is 156 g/mol. The zero-order valence-electron chi connectivity index (χ0n) is 7.89. The normalized spacial score (nSPS) is 19.3. The Kier molecular flexibility index (Phi) is 4.77. The van der Waals surface area contributed by atoms with Crippen LogP contribution in [0.1, 0.15) is 26.7 Å². The molecule has 2 radical (unpaired) electrons. The van der Waals surface area contributed by atoms with Gasteiger partial charge in [-0.25, -0.2) is 0 Å². The predicted molar refractivity (Wildman–Crippen MR) is 46.9 cm³/mol. The van der Waals surface area contributed by atoms with Gasteiger partial charge in [-0.05, 0) is 19.8 Å². The van der Waals surface area contributed by atoms with Crippen LogP contribution in [-0.4, -0.2) is 33.7 Å². The predicted octanol–water partition coefficient (Wildman–Crippen LogP) is 1.33. The molecule has 0 saturated carbocycles. The quantitative estimate of drug-likeness (QED) is 0.559. The van der Waals surface area contributed by atoms with Crippen molar-refractivity contribution in [1.82, 2.24) is 0 Å². The van der Waals surface area contributed by atoms with E-state index < -0.39 is 0 Å². The molecule has 0 aromatic heterocycles. The van der Waals surface area contributed by atoms with Gasteiger partial charge >= 0.3 is 0 Å². The summed E-state index contributed by atoms with van der Waals surface area (Å²) < 4.78 is 10.2. The van der Waals surface area contributed by atoms with Crippen LogP contribution in [0.3, 0.4) is 0 Å². The second-order valence-electron chi connectivity index (χ2n) is 2.99. The van der Waals surface area contributed by atoms with Crippen LogP contribution in [0.4, 0.5) is 0 Å². The maximum atomic E-state index is 5.61. The Hall–Kier alpha value is -0.0151. The number of hydrogen-bond donors (Lipinski definition) is 0. The Morgan fingerprint density at radius 3 is 2.27 bits per heavy atom. The maximum Gasteiger partial charge on any atom is 0.109 e. The molecular weight excluding hydrogens is 139 g/mol. The first-order chi connectivity index (χ1) is 5.08. The molecule has 2 nitrogen and oxygen atoms in total. The Balaban J connectivity index is 3.86. The van der Waals surface area contributed by atoms with Crippen molar-refractivity contribution in [3.8, 4) is 0 Å². The minimum absolute atomic E-state index is 0.143. The van der Waals surface area contributed by atoms with Crippen molar-refractivity contribution in [2.24, 2.45) is 0 Å². The Morgan fingerprint density at radius 2 is 2.00 bits per heavy atom. The Labute approximate surface area is 70.7 Å². The van der Waals surface area contributed by atoms with E-state index in [1.54, 1.807) is 14.2 Å². The van der Waals surface area contributed by atoms with E-state index in [1.807, 2.05) is 6.92 Å². The van der Waals surface area contributed by atoms with Crippen molar-refractivity contribution < 1.29 is 9.47 Å². The van der Waals surface area contributed by atoms with Crippen molar-refractivity contribution in [3.63, 3.8) is 0 Å². The summed E-state index contributed by atoms with van der Waals surface area (Å²) in [4.78, 5) is 0. The second-order valence-corrected chi connectivity index (χ2v) is 2.99. The highest BCUT2D eigenvalue weighted by Gasteiger charge is 2.23. The van der Waals surface area contributed by atoms with Gasteiger partial charge in [0.2, 0.25) is 0 Å². The van der Waals surface area contributed by atoms with Gasteiger partial charge in [-0.2, -0.15) is 0 Å². The molecule has 0 aliphatic heterocycles. The van der Waals surface area contributed by atoms with Crippen LogP contribution in [0.25, 0.3) is 0 Å². The molecule has 0 fully saturated rings. The molecule has 0 aliphatic carbocycles. The summed E-state index contributed by atoms with van der Waals surface area (Å²) in [5, 5.41) is 0. The fourth-order valence-electron chi connectivity index (χ4n) is 0.881. The lowest BCUT2D eigenvalue weighted by molar-refractivity contribution is -0.0285. The molecule has 0 rings (SSSR count). The van der Waals surface area contributed by atoms with Gasteiger partial charge in [-0.3, -0.25) is 0 Å². The van der Waals surface area contributed by atoms with Gasteiger partial charge in [0.1, 0.15) is 7.85 Å². The molecule has 2 atom stereocenters. The summed E-state index contributed by atoms with van der Waals surface area (Å²) in [7, 11) is 8.92. The van der Waals surface area contributed by atoms with E-state index in [9.17, 15) is 0 Å². The minimum Gasteiger partial charge on any atom is -0.391 e. The standard InChI is InChI=1S/C8H17BO2/c1-5-8(2,11-4)6-7(9)10-3/h7H,5-6H2,1-4H3/t7?,8-/m0/s1. The molecule has 11 heavy (non-hydrogen) atoms. The number of rotatable bonds is 5. The fraction of sp³-hybridized carbons (Fsp3) is 1.00. The molecule has 64 valence electrons. The molecule has 0 spiro atoms. The highest BCUT2D eigenvalue weighted by molar-refractivity contribution is 6.11. The van der Waals surface area contributed by atoms with Crippen LogP contribution >= 0.6 is 0 Å². The van der Waals surface area contributed by atoms with Crippen LogP contribution in [0.2, 0.25) is 0 Å². The maximum absolute atomic E-state index is 5.61. The third-order valence-electron chi connectivity index (χ3n) is 2.18. The first-order valence-electron chi connectivity index (χ1n) is 3.91. The highest BCUT2D eigenvalue weighted by Crippen LogP contribution is 2.20. The van der Waals surface area contributed by atoms with Crippen molar-refractivity contribution in [1.29, 1.82) is 0 Å². The molecular formula is C8H17BO2. The first-order valence-corrected chi connectivity index (χ1v) is 3.91. The average molecular weight is 156 g/mol. The molecule has 1 unspecified atom stereocenters. The van der Waals surface area contributed by atoms with Crippen LogP contribution in [0.5, 0.6) is 0 Å². The van der Waals surface area contributed by atoms with Gasteiger partial charge in [-0.1, -0.05) is 6.92 Å². The van der Waals surface area contributed by atoms with Crippen molar-refractivity contribution in [2.45, 2.75) is 38.3 Å². The number of methoxy groups -OCH3 is 2. The molecule has 0 bridgehead atoms. The Bertz CT molecular complexity index is 102. The summed E-state index contributed by atoms with van der Waals surface area (Å²) in [6, 6.07) is -0.222. The fourth-order valence-corrected chi connectivity index (χ4v) is 0.881. The van der Waals surface area contributed by atoms with E-state index in [1.165, 1.54) is 0 Å². The molecule has 0 aromatic rings. The van der Waals surface area contributed by atoms with Crippen LogP contribution in [0.15, 0.2) is 0 Å². The summed E-state index contributed by atoms with van der Waals surface area (Å²) in [6.45, 7) is 4.11. The molecule has 0 saturated heterocycles. The smallest absolute Gasteiger partial charge is 0.109 e. The summed E-state index contributed by atoms with van der Waals surface area (Å²) in [6.07, 6.45) is 1.68. The number of ether oxygens (including phenoxy) is 2. The molecule has 0 heterocycles. The van der Waals surface area contributed by atoms with Crippen molar-refractivity contribution in [2.75, 3.05) is 14.2 Å². The van der Waals surface area contributed by atoms with E-state index in [2.05, 4.69) is 6.92 Å². The second kappa shape index (κ2) is 4.78. The van der Waals surface area contributed by atoms with Gasteiger partial charge < -0.3 is 9.47 Å². The van der Waals surface area contributed by atoms with E-state index in [4.69, 9.17) is 17.3 Å². The van der Waals surface area contributed by atoms with Crippen molar-refractivity contribution in [3.05, 3.63) is 0 Å². The zero-order chi connectivity index (χ0) is 8.91. The minimum atomic E-state index is -0.222. The highest BCUT2D eigenvalue weighted by atomic mass is 16.5. The lowest BCUT2D eigenvalue weighted by Gasteiger charge is -2.29. The average Bonchev–Trinajstić information content (AvgIpc) is 2.04. The van der Waals surface area contributed by atoms with Crippen LogP contribution in [-0.2, 0) is 9.47 Å². The summed E-state index contributed by atoms with van der Waals surface area (Å²) in [5.74, 6) is 0.